The van der Waals surface area contributed by atoms with Crippen LogP contribution in [-0.2, 0) is 0 Å². The van der Waals surface area contributed by atoms with E-state index in [2.05, 4.69) is 35.2 Å². The highest BCUT2D eigenvalue weighted by atomic mass is 16.5. The monoisotopic (exact) mass is 404 g/mol. The second-order valence-electron chi connectivity index (χ2n) is 6.33. The summed E-state index contributed by atoms with van der Waals surface area (Å²) in [5, 5.41) is 3.16. The molecule has 0 radical (unpaired) electrons. The van der Waals surface area contributed by atoms with Crippen molar-refractivity contribution in [1.29, 1.82) is 0 Å². The van der Waals surface area contributed by atoms with Gasteiger partial charge in [0.2, 0.25) is 11.8 Å². The van der Waals surface area contributed by atoms with Crippen molar-refractivity contribution >= 4 is 17.5 Å². The maximum atomic E-state index is 5.84. The lowest BCUT2D eigenvalue weighted by Crippen LogP contribution is -2.00. The van der Waals surface area contributed by atoms with Crippen LogP contribution in [0, 0.1) is 6.92 Å². The fourth-order valence-electron chi connectivity index (χ4n) is 2.92. The van der Waals surface area contributed by atoms with E-state index in [-0.39, 0.29) is 0 Å². The second kappa shape index (κ2) is 8.03. The quantitative estimate of drug-likeness (QED) is 0.443. The molecule has 0 atom stereocenters. The van der Waals surface area contributed by atoms with Gasteiger partial charge in [-0.1, -0.05) is 0 Å². The highest BCUT2D eigenvalue weighted by molar-refractivity contribution is 5.78. The maximum absolute atomic E-state index is 5.84. The smallest absolute Gasteiger partial charge is 0.227 e. The van der Waals surface area contributed by atoms with Crippen molar-refractivity contribution in [2.45, 2.75) is 6.92 Å². The molecule has 4 aromatic rings. The van der Waals surface area contributed by atoms with Crippen LogP contribution in [0.2, 0.25) is 0 Å². The Balaban J connectivity index is 1.71. The number of methoxy groups -OCH3 is 2. The SMILES string of the molecule is COc1cc(Nc2nccc(-c3[nH]c(C)nc3-c3cnc(N)c(OC)c3)n2)ccn1. The van der Waals surface area contributed by atoms with Crippen LogP contribution in [-0.4, -0.2) is 44.1 Å². The molecule has 0 saturated carbocycles. The number of rotatable bonds is 6. The molecule has 30 heavy (non-hydrogen) atoms. The number of nitrogens with two attached hydrogens (primary N) is 1. The number of H-pyrrole nitrogens is 1. The van der Waals surface area contributed by atoms with Gasteiger partial charge in [0.25, 0.3) is 0 Å². The highest BCUT2D eigenvalue weighted by Crippen LogP contribution is 2.32. The van der Waals surface area contributed by atoms with Gasteiger partial charge < -0.3 is 25.5 Å². The minimum absolute atomic E-state index is 0.316. The molecule has 0 spiro atoms. The first-order chi connectivity index (χ1) is 14.6. The number of aromatic nitrogens is 6. The van der Waals surface area contributed by atoms with Crippen LogP contribution in [0.3, 0.4) is 0 Å². The molecular weight excluding hydrogens is 384 g/mol. The number of hydrogen-bond donors (Lipinski definition) is 3. The molecule has 0 bridgehead atoms. The predicted octanol–water partition coefficient (Wildman–Crippen LogP) is 2.98. The summed E-state index contributed by atoms with van der Waals surface area (Å²) in [5.74, 6) is 2.45. The number of aromatic amines is 1. The third-order valence-electron chi connectivity index (χ3n) is 4.31. The van der Waals surface area contributed by atoms with E-state index in [4.69, 9.17) is 15.2 Å². The summed E-state index contributed by atoms with van der Waals surface area (Å²) >= 11 is 0. The van der Waals surface area contributed by atoms with Crippen molar-refractivity contribution in [3.63, 3.8) is 0 Å². The van der Waals surface area contributed by atoms with Gasteiger partial charge in [0.15, 0.2) is 11.6 Å². The Hall–Kier alpha value is -4.21. The van der Waals surface area contributed by atoms with Gasteiger partial charge in [-0.25, -0.2) is 24.9 Å². The Morgan fingerprint density at radius 2 is 1.83 bits per heavy atom. The van der Waals surface area contributed by atoms with Crippen LogP contribution in [0.5, 0.6) is 11.6 Å². The number of imidazole rings is 1. The molecule has 0 unspecified atom stereocenters. The molecule has 0 saturated heterocycles. The zero-order valence-corrected chi connectivity index (χ0v) is 16.7. The zero-order valence-electron chi connectivity index (χ0n) is 16.7. The van der Waals surface area contributed by atoms with E-state index in [1.54, 1.807) is 57.1 Å². The Morgan fingerprint density at radius 3 is 2.63 bits per heavy atom. The predicted molar refractivity (Wildman–Crippen MR) is 113 cm³/mol. The number of nitrogens with one attached hydrogen (secondary N) is 2. The van der Waals surface area contributed by atoms with E-state index in [1.807, 2.05) is 6.92 Å². The van der Waals surface area contributed by atoms with Crippen LogP contribution < -0.4 is 20.5 Å². The van der Waals surface area contributed by atoms with Gasteiger partial charge in [-0.3, -0.25) is 0 Å². The fraction of sp³-hybridized carbons (Fsp3) is 0.150. The molecule has 4 heterocycles. The van der Waals surface area contributed by atoms with E-state index in [9.17, 15) is 0 Å². The first kappa shape index (κ1) is 19.1. The topological polar surface area (TPSA) is 137 Å². The third kappa shape index (κ3) is 3.83. The first-order valence-corrected chi connectivity index (χ1v) is 9.04. The average Bonchev–Trinajstić information content (AvgIpc) is 3.16. The van der Waals surface area contributed by atoms with Gasteiger partial charge in [-0.2, -0.15) is 0 Å². The fourth-order valence-corrected chi connectivity index (χ4v) is 2.92. The molecule has 0 amide bonds. The Labute approximate surface area is 172 Å². The van der Waals surface area contributed by atoms with Gasteiger partial charge in [0.1, 0.15) is 5.82 Å². The molecule has 4 rings (SSSR count). The van der Waals surface area contributed by atoms with E-state index in [0.29, 0.717) is 34.8 Å². The first-order valence-electron chi connectivity index (χ1n) is 9.04. The maximum Gasteiger partial charge on any atom is 0.227 e. The molecule has 0 fully saturated rings. The zero-order chi connectivity index (χ0) is 21.1. The third-order valence-corrected chi connectivity index (χ3v) is 4.31. The van der Waals surface area contributed by atoms with Crippen molar-refractivity contribution in [2.75, 3.05) is 25.3 Å². The van der Waals surface area contributed by atoms with Gasteiger partial charge in [0.05, 0.1) is 31.3 Å². The molecule has 152 valence electrons. The largest absolute Gasteiger partial charge is 0.493 e. The molecule has 4 N–H and O–H groups in total. The van der Waals surface area contributed by atoms with Crippen LogP contribution in [0.15, 0.2) is 42.9 Å². The summed E-state index contributed by atoms with van der Waals surface area (Å²) in [6, 6.07) is 7.16. The minimum Gasteiger partial charge on any atom is -0.493 e. The van der Waals surface area contributed by atoms with Crippen molar-refractivity contribution in [3.8, 4) is 34.3 Å². The van der Waals surface area contributed by atoms with E-state index < -0.39 is 0 Å². The Morgan fingerprint density at radius 1 is 1.00 bits per heavy atom. The van der Waals surface area contributed by atoms with Crippen molar-refractivity contribution < 1.29 is 9.47 Å². The number of ether oxygens (including phenoxy) is 2. The number of pyridine rings is 2. The number of nitrogens with zero attached hydrogens (tertiary/aromatic N) is 5. The molecule has 10 nitrogen and oxygen atoms in total. The van der Waals surface area contributed by atoms with Gasteiger partial charge in [0, 0.05) is 35.9 Å². The molecule has 10 heteroatoms. The van der Waals surface area contributed by atoms with Crippen molar-refractivity contribution in [1.82, 2.24) is 29.9 Å². The number of aryl methyl sites for hydroxylation is 1. The molecule has 0 aromatic carbocycles. The molecule has 0 aliphatic heterocycles. The highest BCUT2D eigenvalue weighted by Gasteiger charge is 2.16. The summed E-state index contributed by atoms with van der Waals surface area (Å²) in [6.45, 7) is 1.87. The summed E-state index contributed by atoms with van der Waals surface area (Å²) in [5.41, 5.74) is 9.44. The Kier molecular flexibility index (Phi) is 5.12. The van der Waals surface area contributed by atoms with Crippen LogP contribution in [0.4, 0.5) is 17.5 Å². The lowest BCUT2D eigenvalue weighted by Gasteiger charge is -2.09. The summed E-state index contributed by atoms with van der Waals surface area (Å²) in [6.07, 6.45) is 4.97. The molecular formula is C20H20N8O2. The molecule has 0 aliphatic carbocycles. The summed E-state index contributed by atoms with van der Waals surface area (Å²) in [7, 11) is 3.11. The van der Waals surface area contributed by atoms with Gasteiger partial charge in [-0.05, 0) is 25.1 Å². The van der Waals surface area contributed by atoms with Gasteiger partial charge >= 0.3 is 0 Å². The summed E-state index contributed by atoms with van der Waals surface area (Å²) in [4.78, 5) is 25.1. The van der Waals surface area contributed by atoms with E-state index in [0.717, 1.165) is 22.8 Å². The molecule has 4 aromatic heterocycles. The number of anilines is 3. The van der Waals surface area contributed by atoms with Crippen LogP contribution in [0.25, 0.3) is 22.6 Å². The van der Waals surface area contributed by atoms with E-state index in [1.165, 1.54) is 0 Å². The normalized spacial score (nSPS) is 10.6. The molecule has 0 aliphatic rings. The lowest BCUT2D eigenvalue weighted by molar-refractivity contribution is 0.398. The van der Waals surface area contributed by atoms with Crippen molar-refractivity contribution in [3.05, 3.63) is 48.7 Å². The van der Waals surface area contributed by atoms with Gasteiger partial charge in [-0.15, -0.1) is 0 Å². The van der Waals surface area contributed by atoms with E-state index >= 15 is 0 Å². The second-order valence-corrected chi connectivity index (χ2v) is 6.33. The van der Waals surface area contributed by atoms with Crippen molar-refractivity contribution in [2.24, 2.45) is 0 Å². The minimum atomic E-state index is 0.316. The lowest BCUT2D eigenvalue weighted by atomic mass is 10.1. The Bertz CT molecular complexity index is 1190. The van der Waals surface area contributed by atoms with Crippen LogP contribution in [0.1, 0.15) is 5.82 Å². The summed E-state index contributed by atoms with van der Waals surface area (Å²) < 4.78 is 10.4. The average molecular weight is 404 g/mol. The standard InChI is InChI=1S/C20H20N8O2/c1-11-25-17(12-8-15(29-2)19(21)24-10-12)18(26-11)14-5-7-23-20(28-14)27-13-4-6-22-16(9-13)30-3/h4-10H,1-3H3,(H2,21,24)(H,25,26)(H,22,23,27,28). The number of hydrogen-bond acceptors (Lipinski definition) is 9. The number of nitrogen functional groups attached to an aromatic ring is 1. The van der Waals surface area contributed by atoms with Crippen LogP contribution >= 0.6 is 0 Å².